The lowest BCUT2D eigenvalue weighted by atomic mass is 9.89. The van der Waals surface area contributed by atoms with Crippen LogP contribution in [0.3, 0.4) is 0 Å². The van der Waals surface area contributed by atoms with Crippen molar-refractivity contribution in [2.75, 3.05) is 20.8 Å². The van der Waals surface area contributed by atoms with E-state index in [9.17, 15) is 32.6 Å². The van der Waals surface area contributed by atoms with Gasteiger partial charge in [0.2, 0.25) is 5.60 Å². The van der Waals surface area contributed by atoms with Crippen molar-refractivity contribution in [1.29, 1.82) is 0 Å². The van der Waals surface area contributed by atoms with Gasteiger partial charge in [-0.2, -0.15) is 13.2 Å². The molecule has 7 nitrogen and oxygen atoms in total. The van der Waals surface area contributed by atoms with Crippen LogP contribution in [0.4, 0.5) is 17.6 Å². The van der Waals surface area contributed by atoms with Crippen molar-refractivity contribution in [3.05, 3.63) is 70.6 Å². The molecule has 3 rings (SSSR count). The second-order valence-electron chi connectivity index (χ2n) is 8.68. The zero-order valence-corrected chi connectivity index (χ0v) is 21.9. The summed E-state index contributed by atoms with van der Waals surface area (Å²) in [7, 11) is 2.59. The quantitative estimate of drug-likeness (QED) is 0.224. The van der Waals surface area contributed by atoms with Crippen molar-refractivity contribution in [2.45, 2.75) is 37.6 Å². The largest absolute Gasteiger partial charge is 0.494 e. The average Bonchev–Trinajstić information content (AvgIpc) is 2.90. The van der Waals surface area contributed by atoms with Crippen LogP contribution < -0.4 is 14.2 Å². The average molecular weight is 572 g/mol. The molecule has 1 heterocycles. The number of methoxy groups -OCH3 is 2. The molecule has 0 amide bonds. The predicted octanol–water partition coefficient (Wildman–Crippen LogP) is 5.73. The summed E-state index contributed by atoms with van der Waals surface area (Å²) >= 11 is 5.83. The lowest BCUT2D eigenvalue weighted by molar-refractivity contribution is -0.270. The number of pyridine rings is 1. The molecule has 1 aromatic heterocycles. The third-order valence-electron chi connectivity index (χ3n) is 5.84. The van der Waals surface area contributed by atoms with Crippen LogP contribution in [-0.2, 0) is 5.60 Å². The summed E-state index contributed by atoms with van der Waals surface area (Å²) < 4.78 is 72.1. The van der Waals surface area contributed by atoms with Crippen LogP contribution in [0.25, 0.3) is 11.3 Å². The first kappa shape index (κ1) is 30.1. The van der Waals surface area contributed by atoms with Gasteiger partial charge in [-0.05, 0) is 61.9 Å². The number of alkyl halides is 3. The topological polar surface area (TPSA) is 98.1 Å². The highest BCUT2D eigenvalue weighted by Crippen LogP contribution is 2.44. The van der Waals surface area contributed by atoms with Gasteiger partial charge >= 0.3 is 6.18 Å². The summed E-state index contributed by atoms with van der Waals surface area (Å²) in [5, 5.41) is 20.0. The van der Waals surface area contributed by atoms with Crippen LogP contribution >= 0.6 is 11.6 Å². The van der Waals surface area contributed by atoms with Gasteiger partial charge in [0, 0.05) is 17.5 Å². The van der Waals surface area contributed by atoms with Gasteiger partial charge in [0.25, 0.3) is 0 Å². The standard InChI is InChI=1S/C27H26ClF4NO6/c1-15(34)14-39-21-7-5-16(13-23(21)38-3)20(35)10-11-26(36,27(30,31)32)24-9-8-22(37-2)25(33-24)17-4-6-19(29)18(28)12-17/h4-9,12-13,15,34,36H,10-11,14H2,1-3H3/t15-,26?/m1/s1. The van der Waals surface area contributed by atoms with Gasteiger partial charge in [-0.3, -0.25) is 4.79 Å². The second kappa shape index (κ2) is 12.2. The Morgan fingerprint density at radius 2 is 1.69 bits per heavy atom. The first-order chi connectivity index (χ1) is 18.3. The number of Topliss-reactive ketones (excluding diaryl/α,β-unsaturated/α-hetero) is 1. The Bertz CT molecular complexity index is 1330. The first-order valence-electron chi connectivity index (χ1n) is 11.6. The minimum Gasteiger partial charge on any atom is -0.494 e. The number of nitrogens with zero attached hydrogens (tertiary/aromatic N) is 1. The predicted molar refractivity (Wildman–Crippen MR) is 135 cm³/mol. The molecular formula is C27H26ClF4NO6. The van der Waals surface area contributed by atoms with E-state index in [1.165, 1.54) is 57.5 Å². The van der Waals surface area contributed by atoms with Crippen molar-refractivity contribution >= 4 is 17.4 Å². The Balaban J connectivity index is 1.93. The maximum absolute atomic E-state index is 14.2. The van der Waals surface area contributed by atoms with Gasteiger partial charge in [-0.15, -0.1) is 0 Å². The molecule has 0 aliphatic rings. The van der Waals surface area contributed by atoms with Gasteiger partial charge in [-0.25, -0.2) is 9.37 Å². The minimum atomic E-state index is -5.21. The molecule has 0 bridgehead atoms. The number of halogens is 5. The summed E-state index contributed by atoms with van der Waals surface area (Å²) in [6.07, 6.45) is -7.70. The van der Waals surface area contributed by atoms with Crippen LogP contribution in [0, 0.1) is 5.82 Å². The van der Waals surface area contributed by atoms with E-state index in [0.29, 0.717) is 0 Å². The fourth-order valence-electron chi connectivity index (χ4n) is 3.72. The Hall–Kier alpha value is -3.41. The lowest BCUT2D eigenvalue weighted by Gasteiger charge is -2.30. The van der Waals surface area contributed by atoms with E-state index in [4.69, 9.17) is 25.8 Å². The first-order valence-corrected chi connectivity index (χ1v) is 12.0. The van der Waals surface area contributed by atoms with Crippen molar-refractivity contribution in [1.82, 2.24) is 4.98 Å². The SMILES string of the molecule is COc1cc(C(=O)CCC(O)(c2ccc(OC)c(-c3ccc(F)c(Cl)c3)n2)C(F)(F)F)ccc1OC[C@@H](C)O. The van der Waals surface area contributed by atoms with Crippen molar-refractivity contribution < 1.29 is 46.8 Å². The smallest absolute Gasteiger partial charge is 0.422 e. The molecule has 210 valence electrons. The van der Waals surface area contributed by atoms with Gasteiger partial charge in [0.1, 0.15) is 23.9 Å². The molecule has 1 unspecified atom stereocenters. The Labute approximate surface area is 226 Å². The lowest BCUT2D eigenvalue weighted by Crippen LogP contribution is -2.43. The van der Waals surface area contributed by atoms with E-state index < -0.39 is 48.0 Å². The molecule has 2 atom stereocenters. The zero-order valence-electron chi connectivity index (χ0n) is 21.2. The molecule has 0 saturated carbocycles. The second-order valence-corrected chi connectivity index (χ2v) is 9.09. The molecule has 0 aliphatic carbocycles. The van der Waals surface area contributed by atoms with Gasteiger partial charge in [0.15, 0.2) is 17.3 Å². The van der Waals surface area contributed by atoms with E-state index in [1.54, 1.807) is 0 Å². The summed E-state index contributed by atoms with van der Waals surface area (Å²) in [6, 6.07) is 9.63. The van der Waals surface area contributed by atoms with E-state index in [0.717, 1.165) is 12.1 Å². The molecule has 3 aromatic rings. The molecule has 12 heteroatoms. The maximum Gasteiger partial charge on any atom is 0.422 e. The fourth-order valence-corrected chi connectivity index (χ4v) is 3.90. The van der Waals surface area contributed by atoms with Crippen molar-refractivity contribution in [3.63, 3.8) is 0 Å². The number of aliphatic hydroxyl groups excluding tert-OH is 1. The molecule has 0 fully saturated rings. The Morgan fingerprint density at radius 1 is 1.03 bits per heavy atom. The molecule has 0 saturated heterocycles. The fraction of sp³-hybridized carbons (Fsp3) is 0.333. The molecule has 0 radical (unpaired) electrons. The molecule has 0 aliphatic heterocycles. The molecule has 39 heavy (non-hydrogen) atoms. The Kier molecular flexibility index (Phi) is 9.42. The van der Waals surface area contributed by atoms with Crippen LogP contribution in [0.5, 0.6) is 17.2 Å². The van der Waals surface area contributed by atoms with Crippen LogP contribution in [0.1, 0.15) is 35.8 Å². The summed E-state index contributed by atoms with van der Waals surface area (Å²) in [5.74, 6) is -0.992. The highest BCUT2D eigenvalue weighted by molar-refractivity contribution is 6.31. The van der Waals surface area contributed by atoms with Crippen molar-refractivity contribution in [2.24, 2.45) is 0 Å². The van der Waals surface area contributed by atoms with Gasteiger partial charge in [-0.1, -0.05) is 11.6 Å². The maximum atomic E-state index is 14.2. The number of hydrogen-bond donors (Lipinski definition) is 2. The van der Waals surface area contributed by atoms with Gasteiger partial charge in [0.05, 0.1) is 31.0 Å². The molecule has 2 N–H and O–H groups in total. The van der Waals surface area contributed by atoms with Gasteiger partial charge < -0.3 is 24.4 Å². The number of carbonyl (C=O) groups is 1. The third kappa shape index (κ3) is 6.78. The van der Waals surface area contributed by atoms with E-state index in [2.05, 4.69) is 4.98 Å². The normalized spacial score (nSPS) is 13.9. The summed E-state index contributed by atoms with van der Waals surface area (Å²) in [4.78, 5) is 16.9. The van der Waals surface area contributed by atoms with Crippen molar-refractivity contribution in [3.8, 4) is 28.5 Å². The number of ketones is 1. The Morgan fingerprint density at radius 3 is 2.28 bits per heavy atom. The molecular weight excluding hydrogens is 546 g/mol. The third-order valence-corrected chi connectivity index (χ3v) is 6.13. The zero-order chi connectivity index (χ0) is 29.0. The van der Waals surface area contributed by atoms with E-state index >= 15 is 0 Å². The van der Waals surface area contributed by atoms with Crippen LogP contribution in [0.15, 0.2) is 48.5 Å². The molecule has 0 spiro atoms. The number of aromatic nitrogens is 1. The highest BCUT2D eigenvalue weighted by atomic mass is 35.5. The monoisotopic (exact) mass is 571 g/mol. The highest BCUT2D eigenvalue weighted by Gasteiger charge is 2.56. The van der Waals surface area contributed by atoms with E-state index in [-0.39, 0.29) is 45.7 Å². The minimum absolute atomic E-state index is 0.0325. The number of carbonyl (C=O) groups excluding carboxylic acids is 1. The molecule has 2 aromatic carbocycles. The number of ether oxygens (including phenoxy) is 3. The number of aliphatic hydroxyl groups is 2. The van der Waals surface area contributed by atoms with Crippen LogP contribution in [0.2, 0.25) is 5.02 Å². The van der Waals surface area contributed by atoms with Crippen LogP contribution in [-0.4, -0.2) is 54.1 Å². The number of rotatable bonds is 11. The van der Waals surface area contributed by atoms with E-state index in [1.807, 2.05) is 0 Å². The summed E-state index contributed by atoms with van der Waals surface area (Å²) in [6.45, 7) is 1.48. The number of hydrogen-bond acceptors (Lipinski definition) is 7. The summed E-state index contributed by atoms with van der Waals surface area (Å²) in [5.41, 5.74) is -4.20. The number of benzene rings is 2.